The average molecular weight is 336 g/mol. The highest BCUT2D eigenvalue weighted by atomic mass is 32.1. The number of hydrogen-bond acceptors (Lipinski definition) is 9. The Balaban J connectivity index is 1.47. The minimum atomic E-state index is 0.116. The van der Waals surface area contributed by atoms with Crippen molar-refractivity contribution in [2.45, 2.75) is 19.6 Å². The van der Waals surface area contributed by atoms with Gasteiger partial charge in [0.25, 0.3) is 5.19 Å². The zero-order chi connectivity index (χ0) is 15.9. The Morgan fingerprint density at radius 2 is 2.39 bits per heavy atom. The molecule has 0 aliphatic carbocycles. The van der Waals surface area contributed by atoms with Crippen molar-refractivity contribution < 1.29 is 9.47 Å². The molecule has 2 aromatic heterocycles. The van der Waals surface area contributed by atoms with Crippen LogP contribution in [0.25, 0.3) is 0 Å². The van der Waals surface area contributed by atoms with E-state index in [9.17, 15) is 0 Å². The van der Waals surface area contributed by atoms with Gasteiger partial charge in [-0.25, -0.2) is 0 Å². The largest absolute Gasteiger partial charge is 0.469 e. The zero-order valence-corrected chi connectivity index (χ0v) is 13.8. The third-order valence-corrected chi connectivity index (χ3v) is 4.20. The monoisotopic (exact) mass is 336 g/mol. The van der Waals surface area contributed by atoms with E-state index in [1.165, 1.54) is 11.3 Å². The SMILES string of the molecule is CCOc1nnc(CN2CCO[C@@H](CNc3cccnn3)C2)s1. The highest BCUT2D eigenvalue weighted by molar-refractivity contribution is 7.13. The first-order valence-electron chi connectivity index (χ1n) is 7.64. The van der Waals surface area contributed by atoms with Crippen molar-refractivity contribution in [3.63, 3.8) is 0 Å². The molecule has 0 amide bonds. The van der Waals surface area contributed by atoms with Gasteiger partial charge in [-0.1, -0.05) is 11.3 Å². The van der Waals surface area contributed by atoms with Crippen molar-refractivity contribution in [2.75, 3.05) is 38.2 Å². The van der Waals surface area contributed by atoms with Crippen LogP contribution in [0.1, 0.15) is 11.9 Å². The van der Waals surface area contributed by atoms with Crippen LogP contribution in [0.5, 0.6) is 5.19 Å². The molecule has 124 valence electrons. The predicted molar refractivity (Wildman–Crippen MR) is 86.6 cm³/mol. The third-order valence-electron chi connectivity index (χ3n) is 3.38. The number of nitrogens with one attached hydrogen (secondary N) is 1. The quantitative estimate of drug-likeness (QED) is 0.803. The van der Waals surface area contributed by atoms with Gasteiger partial charge in [0.15, 0.2) is 0 Å². The van der Waals surface area contributed by atoms with Crippen molar-refractivity contribution in [1.82, 2.24) is 25.3 Å². The van der Waals surface area contributed by atoms with Gasteiger partial charge in [-0.3, -0.25) is 4.90 Å². The Morgan fingerprint density at radius 1 is 1.43 bits per heavy atom. The van der Waals surface area contributed by atoms with Crippen LogP contribution in [0.3, 0.4) is 0 Å². The second-order valence-corrected chi connectivity index (χ2v) is 6.14. The highest BCUT2D eigenvalue weighted by Crippen LogP contribution is 2.20. The van der Waals surface area contributed by atoms with E-state index in [1.807, 2.05) is 19.1 Å². The molecule has 1 aliphatic rings. The van der Waals surface area contributed by atoms with Crippen LogP contribution in [0.4, 0.5) is 5.82 Å². The number of hydrogen-bond donors (Lipinski definition) is 1. The molecule has 0 radical (unpaired) electrons. The Kier molecular flexibility index (Phi) is 5.67. The molecule has 0 spiro atoms. The summed E-state index contributed by atoms with van der Waals surface area (Å²) in [4.78, 5) is 2.32. The molecule has 3 rings (SSSR count). The number of anilines is 1. The van der Waals surface area contributed by atoms with Crippen molar-refractivity contribution in [3.05, 3.63) is 23.3 Å². The van der Waals surface area contributed by atoms with Crippen molar-refractivity contribution in [1.29, 1.82) is 0 Å². The predicted octanol–water partition coefficient (Wildman–Crippen LogP) is 1.04. The van der Waals surface area contributed by atoms with Gasteiger partial charge in [0.05, 0.1) is 25.9 Å². The minimum Gasteiger partial charge on any atom is -0.469 e. The Labute approximate surface area is 138 Å². The normalized spacial score (nSPS) is 18.7. The maximum absolute atomic E-state index is 5.80. The lowest BCUT2D eigenvalue weighted by atomic mass is 10.2. The molecule has 1 N–H and O–H groups in total. The summed E-state index contributed by atoms with van der Waals surface area (Å²) in [5.41, 5.74) is 0. The van der Waals surface area contributed by atoms with Crippen molar-refractivity contribution in [2.24, 2.45) is 0 Å². The lowest BCUT2D eigenvalue weighted by Crippen LogP contribution is -2.44. The number of ether oxygens (including phenoxy) is 2. The summed E-state index contributed by atoms with van der Waals surface area (Å²) in [6, 6.07) is 3.75. The van der Waals surface area contributed by atoms with Gasteiger partial charge in [-0.15, -0.1) is 15.3 Å². The van der Waals surface area contributed by atoms with E-state index >= 15 is 0 Å². The molecule has 0 bridgehead atoms. The van der Waals surface area contributed by atoms with Gasteiger partial charge in [-0.2, -0.15) is 5.10 Å². The van der Waals surface area contributed by atoms with E-state index in [-0.39, 0.29) is 6.10 Å². The van der Waals surface area contributed by atoms with Gasteiger partial charge in [0, 0.05) is 25.8 Å². The van der Waals surface area contributed by atoms with Gasteiger partial charge in [-0.05, 0) is 19.1 Å². The molecule has 1 aliphatic heterocycles. The number of rotatable bonds is 7. The summed E-state index contributed by atoms with van der Waals surface area (Å²) >= 11 is 1.50. The van der Waals surface area contributed by atoms with E-state index in [0.29, 0.717) is 25.0 Å². The molecule has 9 heteroatoms. The van der Waals surface area contributed by atoms with Crippen LogP contribution >= 0.6 is 11.3 Å². The summed E-state index contributed by atoms with van der Waals surface area (Å²) in [5, 5.41) is 20.9. The standard InChI is InChI=1S/C14H20N6O2S/c1-2-21-14-19-18-13(23-14)10-20-6-7-22-11(9-20)8-15-12-4-3-5-16-17-12/h3-5,11H,2,6-10H2,1H3,(H,15,17)/t11-/m0/s1. The molecule has 0 aromatic carbocycles. The molecule has 2 aromatic rings. The first kappa shape index (κ1) is 16.0. The van der Waals surface area contributed by atoms with Gasteiger partial charge in [0.2, 0.25) is 0 Å². The van der Waals surface area contributed by atoms with Crippen LogP contribution in [0.2, 0.25) is 0 Å². The maximum Gasteiger partial charge on any atom is 0.294 e. The smallest absolute Gasteiger partial charge is 0.294 e. The summed E-state index contributed by atoms with van der Waals surface area (Å²) in [7, 11) is 0. The van der Waals surface area contributed by atoms with E-state index < -0.39 is 0 Å². The number of nitrogens with zero attached hydrogens (tertiary/aromatic N) is 5. The second kappa shape index (κ2) is 8.14. The van der Waals surface area contributed by atoms with Crippen molar-refractivity contribution >= 4 is 17.2 Å². The molecule has 1 fully saturated rings. The molecule has 1 atom stereocenters. The van der Waals surface area contributed by atoms with Crippen LogP contribution in [-0.4, -0.2) is 64.2 Å². The summed E-state index contributed by atoms with van der Waals surface area (Å²) in [6.07, 6.45) is 1.77. The average Bonchev–Trinajstić information content (AvgIpc) is 3.02. The first-order valence-corrected chi connectivity index (χ1v) is 8.46. The first-order chi connectivity index (χ1) is 11.3. The van der Waals surface area contributed by atoms with Gasteiger partial charge in [0.1, 0.15) is 10.8 Å². The topological polar surface area (TPSA) is 85.3 Å². The molecule has 23 heavy (non-hydrogen) atoms. The maximum atomic E-state index is 5.80. The van der Waals surface area contributed by atoms with Crippen LogP contribution in [0, 0.1) is 0 Å². The van der Waals surface area contributed by atoms with Crippen LogP contribution in [-0.2, 0) is 11.3 Å². The molecule has 8 nitrogen and oxygen atoms in total. The fraction of sp³-hybridized carbons (Fsp3) is 0.571. The molecule has 0 unspecified atom stereocenters. The third kappa shape index (κ3) is 4.81. The molecular weight excluding hydrogens is 316 g/mol. The Morgan fingerprint density at radius 3 is 3.22 bits per heavy atom. The van der Waals surface area contributed by atoms with Crippen LogP contribution in [0.15, 0.2) is 18.3 Å². The minimum absolute atomic E-state index is 0.116. The van der Waals surface area contributed by atoms with Gasteiger partial charge < -0.3 is 14.8 Å². The van der Waals surface area contributed by atoms with E-state index in [0.717, 1.165) is 30.5 Å². The molecule has 0 saturated carbocycles. The molecule has 3 heterocycles. The lowest BCUT2D eigenvalue weighted by Gasteiger charge is -2.32. The highest BCUT2D eigenvalue weighted by Gasteiger charge is 2.21. The summed E-state index contributed by atoms with van der Waals surface area (Å²) < 4.78 is 11.2. The van der Waals surface area contributed by atoms with Gasteiger partial charge >= 0.3 is 0 Å². The number of morpholine rings is 1. The second-order valence-electron chi connectivity index (χ2n) is 5.11. The van der Waals surface area contributed by atoms with E-state index in [1.54, 1.807) is 6.20 Å². The lowest BCUT2D eigenvalue weighted by molar-refractivity contribution is -0.0241. The Hall–Kier alpha value is -1.84. The Bertz CT molecular complexity index is 596. The fourth-order valence-corrected chi connectivity index (χ4v) is 3.13. The summed E-state index contributed by atoms with van der Waals surface area (Å²) in [5.74, 6) is 0.763. The van der Waals surface area contributed by atoms with Crippen LogP contribution < -0.4 is 10.1 Å². The summed E-state index contributed by atoms with van der Waals surface area (Å²) in [6.45, 7) is 6.48. The van der Waals surface area contributed by atoms with E-state index in [4.69, 9.17) is 9.47 Å². The zero-order valence-electron chi connectivity index (χ0n) is 13.0. The van der Waals surface area contributed by atoms with E-state index in [2.05, 4.69) is 30.6 Å². The molecule has 1 saturated heterocycles. The van der Waals surface area contributed by atoms with Crippen molar-refractivity contribution in [3.8, 4) is 5.19 Å². The number of aromatic nitrogens is 4. The fourth-order valence-electron chi connectivity index (χ4n) is 2.34. The molecular formula is C14H20N6O2S.